The van der Waals surface area contributed by atoms with Gasteiger partial charge in [0.1, 0.15) is 18.9 Å². The number of ether oxygens (including phenoxy) is 1. The number of hydrogen-bond acceptors (Lipinski definition) is 4. The second kappa shape index (κ2) is 12.1. The van der Waals surface area contributed by atoms with Crippen molar-refractivity contribution in [3.8, 4) is 5.75 Å². The predicted octanol–water partition coefficient (Wildman–Crippen LogP) is 6.71. The van der Waals surface area contributed by atoms with Gasteiger partial charge in [-0.15, -0.1) is 11.3 Å². The summed E-state index contributed by atoms with van der Waals surface area (Å²) in [5, 5.41) is 2.77. The number of benzene rings is 2. The predicted molar refractivity (Wildman–Crippen MR) is 151 cm³/mol. The van der Waals surface area contributed by atoms with E-state index >= 15 is 0 Å². The number of rotatable bonds is 9. The number of hydrogen-bond donors (Lipinski definition) is 0. The van der Waals surface area contributed by atoms with Gasteiger partial charge in [-0.2, -0.15) is 0 Å². The summed E-state index contributed by atoms with van der Waals surface area (Å²) in [5.41, 5.74) is 3.79. The van der Waals surface area contributed by atoms with Crippen LogP contribution in [0.1, 0.15) is 58.2 Å². The lowest BCUT2D eigenvalue weighted by atomic mass is 10.00. The van der Waals surface area contributed by atoms with Gasteiger partial charge in [-0.1, -0.05) is 49.6 Å². The summed E-state index contributed by atoms with van der Waals surface area (Å²) in [6.45, 7) is 9.70. The highest BCUT2D eigenvalue weighted by atomic mass is 35.5. The Balaban J connectivity index is 1.54. The third-order valence-electron chi connectivity index (χ3n) is 7.09. The van der Waals surface area contributed by atoms with Crippen molar-refractivity contribution in [2.45, 2.75) is 46.6 Å². The van der Waals surface area contributed by atoms with Crippen LogP contribution in [0.2, 0.25) is 5.02 Å². The van der Waals surface area contributed by atoms with Gasteiger partial charge in [0.25, 0.3) is 5.91 Å². The molecule has 0 spiro atoms. The van der Waals surface area contributed by atoms with Crippen molar-refractivity contribution < 1.29 is 14.3 Å². The lowest BCUT2D eigenvalue weighted by Gasteiger charge is -2.37. The molecule has 0 saturated carbocycles. The van der Waals surface area contributed by atoms with Crippen molar-refractivity contribution in [2.24, 2.45) is 5.92 Å². The van der Waals surface area contributed by atoms with Crippen LogP contribution < -0.4 is 4.74 Å². The van der Waals surface area contributed by atoms with Crippen LogP contribution in [-0.2, 0) is 11.2 Å². The fourth-order valence-electron chi connectivity index (χ4n) is 4.61. The Bertz CT molecular complexity index is 1240. The van der Waals surface area contributed by atoms with Crippen molar-refractivity contribution >= 4 is 34.8 Å². The number of halogens is 1. The molecule has 37 heavy (non-hydrogen) atoms. The largest absolute Gasteiger partial charge is 0.491 e. The zero-order valence-electron chi connectivity index (χ0n) is 22.0. The third-order valence-corrected chi connectivity index (χ3v) is 8.51. The molecule has 7 heteroatoms. The summed E-state index contributed by atoms with van der Waals surface area (Å²) in [5.74, 6) is 0.858. The number of carbonyl (C=O) groups is 2. The molecule has 0 N–H and O–H groups in total. The van der Waals surface area contributed by atoms with Crippen LogP contribution in [0.3, 0.4) is 0 Å². The van der Waals surface area contributed by atoms with Crippen LogP contribution in [0, 0.1) is 19.8 Å². The van der Waals surface area contributed by atoms with Gasteiger partial charge in [0, 0.05) is 28.6 Å². The fraction of sp³-hybridized carbons (Fsp3) is 0.400. The molecule has 2 atom stereocenters. The third kappa shape index (κ3) is 6.55. The molecule has 1 aliphatic rings. The van der Waals surface area contributed by atoms with E-state index in [1.807, 2.05) is 61.2 Å². The highest BCUT2D eigenvalue weighted by Crippen LogP contribution is 2.34. The molecule has 0 radical (unpaired) electrons. The molecular formula is C30H35ClN2O3S. The van der Waals surface area contributed by atoms with E-state index in [1.54, 1.807) is 16.2 Å². The smallest absolute Gasteiger partial charge is 0.254 e. The molecule has 0 fully saturated rings. The van der Waals surface area contributed by atoms with E-state index in [9.17, 15) is 9.59 Å². The Kier molecular flexibility index (Phi) is 8.93. The maximum Gasteiger partial charge on any atom is 0.254 e. The molecule has 2 amide bonds. The van der Waals surface area contributed by atoms with E-state index in [0.717, 1.165) is 35.3 Å². The zero-order valence-corrected chi connectivity index (χ0v) is 23.6. The lowest BCUT2D eigenvalue weighted by molar-refractivity contribution is -0.135. The van der Waals surface area contributed by atoms with Gasteiger partial charge in [-0.05, 0) is 79.1 Å². The molecule has 4 rings (SSSR count). The van der Waals surface area contributed by atoms with Crippen LogP contribution in [0.15, 0.2) is 53.9 Å². The topological polar surface area (TPSA) is 49.9 Å². The molecule has 0 saturated heterocycles. The van der Waals surface area contributed by atoms with Crippen LogP contribution in [0.5, 0.6) is 5.75 Å². The standard InChI is InChI=1S/C30H35ClN2O3S/c1-5-20(2)17-32(30(35)23-8-6-21(3)7-9-23)18-29(34)33-14-12-28-25(13-15-37-28)27(33)19-36-24-10-11-26(31)22(4)16-24/h6-11,13,15-16,20,27H,5,12,14,17-19H2,1-4H3/t20-,27+/m0/s1. The molecule has 2 heterocycles. The van der Waals surface area contributed by atoms with Gasteiger partial charge >= 0.3 is 0 Å². The first-order valence-electron chi connectivity index (χ1n) is 12.9. The molecule has 3 aromatic rings. The van der Waals surface area contributed by atoms with E-state index in [-0.39, 0.29) is 24.4 Å². The Labute approximate surface area is 229 Å². The molecule has 0 aliphatic carbocycles. The van der Waals surface area contributed by atoms with E-state index in [4.69, 9.17) is 16.3 Å². The van der Waals surface area contributed by atoms with Gasteiger partial charge in [0.15, 0.2) is 0 Å². The molecule has 196 valence electrons. The maximum absolute atomic E-state index is 13.8. The van der Waals surface area contributed by atoms with Crippen molar-refractivity contribution in [1.29, 1.82) is 0 Å². The normalized spacial score (nSPS) is 15.7. The molecule has 1 aromatic heterocycles. The van der Waals surface area contributed by atoms with Gasteiger partial charge in [-0.25, -0.2) is 0 Å². The number of nitrogens with zero attached hydrogens (tertiary/aromatic N) is 2. The SMILES string of the molecule is CC[C@H](C)CN(CC(=O)N1CCc2sccc2[C@H]1COc1ccc(Cl)c(C)c1)C(=O)c1ccc(C)cc1. The maximum atomic E-state index is 13.8. The Morgan fingerprint density at radius 3 is 2.62 bits per heavy atom. The number of thiophene rings is 1. The van der Waals surface area contributed by atoms with Crippen molar-refractivity contribution in [3.05, 3.63) is 86.1 Å². The van der Waals surface area contributed by atoms with Crippen molar-refractivity contribution in [2.75, 3.05) is 26.2 Å². The van der Waals surface area contributed by atoms with Gasteiger partial charge in [-0.3, -0.25) is 9.59 Å². The van der Waals surface area contributed by atoms with E-state index in [0.29, 0.717) is 36.2 Å². The second-order valence-corrected chi connectivity index (χ2v) is 11.3. The minimum Gasteiger partial charge on any atom is -0.491 e. The second-order valence-electron chi connectivity index (χ2n) is 9.94. The summed E-state index contributed by atoms with van der Waals surface area (Å²) in [7, 11) is 0. The van der Waals surface area contributed by atoms with Crippen LogP contribution in [0.4, 0.5) is 0 Å². The quantitative estimate of drug-likeness (QED) is 0.304. The Morgan fingerprint density at radius 1 is 1.16 bits per heavy atom. The average molecular weight is 539 g/mol. The first kappa shape index (κ1) is 27.2. The number of aryl methyl sites for hydroxylation is 2. The summed E-state index contributed by atoms with van der Waals surface area (Å²) >= 11 is 7.90. The number of amides is 2. The van der Waals surface area contributed by atoms with E-state index in [2.05, 4.69) is 25.3 Å². The monoisotopic (exact) mass is 538 g/mol. The molecule has 0 bridgehead atoms. The van der Waals surface area contributed by atoms with Gasteiger partial charge in [0.2, 0.25) is 5.91 Å². The molecule has 1 aliphatic heterocycles. The highest BCUT2D eigenvalue weighted by molar-refractivity contribution is 7.10. The highest BCUT2D eigenvalue weighted by Gasteiger charge is 2.34. The Morgan fingerprint density at radius 2 is 1.92 bits per heavy atom. The summed E-state index contributed by atoms with van der Waals surface area (Å²) < 4.78 is 6.17. The number of carbonyl (C=O) groups excluding carboxylic acids is 2. The summed E-state index contributed by atoms with van der Waals surface area (Å²) in [6, 6.07) is 15.0. The molecular weight excluding hydrogens is 504 g/mol. The number of fused-ring (bicyclic) bond motifs is 1. The van der Waals surface area contributed by atoms with Crippen molar-refractivity contribution in [1.82, 2.24) is 9.80 Å². The van der Waals surface area contributed by atoms with E-state index < -0.39 is 0 Å². The molecule has 0 unspecified atom stereocenters. The van der Waals surface area contributed by atoms with Crippen LogP contribution in [0.25, 0.3) is 0 Å². The Hall–Kier alpha value is -2.83. The first-order valence-corrected chi connectivity index (χ1v) is 14.1. The summed E-state index contributed by atoms with van der Waals surface area (Å²) in [4.78, 5) is 32.1. The molecule has 5 nitrogen and oxygen atoms in total. The molecule has 2 aromatic carbocycles. The van der Waals surface area contributed by atoms with Crippen molar-refractivity contribution in [3.63, 3.8) is 0 Å². The van der Waals surface area contributed by atoms with Crippen LogP contribution in [-0.4, -0.2) is 47.9 Å². The zero-order chi connectivity index (χ0) is 26.5. The minimum absolute atomic E-state index is 0.0487. The minimum atomic E-state index is -0.210. The summed E-state index contributed by atoms with van der Waals surface area (Å²) in [6.07, 6.45) is 1.75. The first-order chi connectivity index (χ1) is 17.8. The van der Waals surface area contributed by atoms with E-state index in [1.165, 1.54) is 4.88 Å². The van der Waals surface area contributed by atoms with Gasteiger partial charge < -0.3 is 14.5 Å². The van der Waals surface area contributed by atoms with Crippen LogP contribution >= 0.6 is 22.9 Å². The fourth-order valence-corrected chi connectivity index (χ4v) is 5.66. The lowest BCUT2D eigenvalue weighted by Crippen LogP contribution is -2.48. The average Bonchev–Trinajstić information content (AvgIpc) is 3.38. The van der Waals surface area contributed by atoms with Gasteiger partial charge in [0.05, 0.1) is 6.04 Å².